The van der Waals surface area contributed by atoms with Crippen molar-refractivity contribution in [2.75, 3.05) is 5.73 Å². The summed E-state index contributed by atoms with van der Waals surface area (Å²) >= 11 is 0. The SMILES string of the molecule is Nc1c(O)ccc2ccccc12.Oc1ccc2ccccc2c1. The first-order valence-corrected chi connectivity index (χ1v) is 7.29. The minimum Gasteiger partial charge on any atom is -0.508 e. The van der Waals surface area contributed by atoms with Crippen LogP contribution in [-0.4, -0.2) is 10.2 Å². The number of hydrogen-bond donors (Lipinski definition) is 3. The molecule has 3 nitrogen and oxygen atoms in total. The van der Waals surface area contributed by atoms with Crippen molar-refractivity contribution in [3.63, 3.8) is 0 Å². The van der Waals surface area contributed by atoms with E-state index < -0.39 is 0 Å². The number of benzene rings is 4. The highest BCUT2D eigenvalue weighted by molar-refractivity contribution is 5.95. The molecule has 0 aliphatic heterocycles. The lowest BCUT2D eigenvalue weighted by molar-refractivity contribution is 0.476. The molecule has 0 atom stereocenters. The molecule has 0 aliphatic carbocycles. The lowest BCUT2D eigenvalue weighted by atomic mass is 10.1. The molecule has 114 valence electrons. The Balaban J connectivity index is 0.000000136. The molecule has 23 heavy (non-hydrogen) atoms. The molecule has 0 spiro atoms. The second-order valence-corrected chi connectivity index (χ2v) is 5.25. The van der Waals surface area contributed by atoms with Crippen LogP contribution in [0.15, 0.2) is 78.9 Å². The summed E-state index contributed by atoms with van der Waals surface area (Å²) < 4.78 is 0. The Labute approximate surface area is 134 Å². The molecule has 0 amide bonds. The molecule has 0 aliphatic rings. The monoisotopic (exact) mass is 303 g/mol. The fraction of sp³-hybridized carbons (Fsp3) is 0. The van der Waals surface area contributed by atoms with Gasteiger partial charge in [-0.05, 0) is 34.4 Å². The average molecular weight is 303 g/mol. The van der Waals surface area contributed by atoms with E-state index in [1.54, 1.807) is 18.2 Å². The fourth-order valence-corrected chi connectivity index (χ4v) is 2.46. The molecular formula is C20H17NO2. The maximum absolute atomic E-state index is 9.29. The number of fused-ring (bicyclic) bond motifs is 2. The van der Waals surface area contributed by atoms with Crippen molar-refractivity contribution in [2.45, 2.75) is 0 Å². The number of phenols is 2. The molecule has 0 unspecified atom stereocenters. The summed E-state index contributed by atoms with van der Waals surface area (Å²) in [4.78, 5) is 0. The molecule has 4 rings (SSSR count). The number of nitrogen functional groups attached to an aromatic ring is 1. The lowest BCUT2D eigenvalue weighted by Gasteiger charge is -2.02. The van der Waals surface area contributed by atoms with Gasteiger partial charge in [0.15, 0.2) is 0 Å². The standard InChI is InChI=1S/C10H9NO.C10H8O/c11-10-8-4-2-1-3-7(8)5-6-9(10)12;11-10-6-5-8-3-1-2-4-9(8)7-10/h1-6,12H,11H2;1-7,11H. The highest BCUT2D eigenvalue weighted by atomic mass is 16.3. The zero-order valence-electron chi connectivity index (χ0n) is 12.5. The second kappa shape index (κ2) is 6.28. The maximum atomic E-state index is 9.29. The first kappa shape index (κ1) is 14.7. The molecule has 4 aromatic rings. The van der Waals surface area contributed by atoms with Crippen molar-refractivity contribution in [1.82, 2.24) is 0 Å². The first-order valence-electron chi connectivity index (χ1n) is 7.29. The summed E-state index contributed by atoms with van der Waals surface area (Å²) in [5.74, 6) is 0.470. The highest BCUT2D eigenvalue weighted by Crippen LogP contribution is 2.28. The van der Waals surface area contributed by atoms with E-state index in [0.29, 0.717) is 11.4 Å². The van der Waals surface area contributed by atoms with Crippen LogP contribution in [0.1, 0.15) is 0 Å². The number of phenolic OH excluding ortho intramolecular Hbond substituents is 2. The van der Waals surface area contributed by atoms with E-state index in [1.807, 2.05) is 60.7 Å². The van der Waals surface area contributed by atoms with E-state index in [-0.39, 0.29) is 5.75 Å². The van der Waals surface area contributed by atoms with Gasteiger partial charge in [-0.1, -0.05) is 60.7 Å². The normalized spacial score (nSPS) is 10.3. The van der Waals surface area contributed by atoms with Crippen molar-refractivity contribution in [3.8, 4) is 11.5 Å². The zero-order chi connectivity index (χ0) is 16.2. The molecular weight excluding hydrogens is 286 g/mol. The summed E-state index contributed by atoms with van der Waals surface area (Å²) in [6.45, 7) is 0. The Bertz CT molecular complexity index is 964. The third-order valence-corrected chi connectivity index (χ3v) is 3.68. The summed E-state index contributed by atoms with van der Waals surface area (Å²) in [6.07, 6.45) is 0. The molecule has 0 fully saturated rings. The zero-order valence-corrected chi connectivity index (χ0v) is 12.5. The van der Waals surface area contributed by atoms with Crippen molar-refractivity contribution in [3.05, 3.63) is 78.9 Å². The Kier molecular flexibility index (Phi) is 4.02. The summed E-state index contributed by atoms with van der Waals surface area (Å²) in [7, 11) is 0. The van der Waals surface area contributed by atoms with Crippen LogP contribution in [0, 0.1) is 0 Å². The molecule has 0 saturated carbocycles. The van der Waals surface area contributed by atoms with Crippen LogP contribution in [0.2, 0.25) is 0 Å². The largest absolute Gasteiger partial charge is 0.508 e. The van der Waals surface area contributed by atoms with E-state index >= 15 is 0 Å². The van der Waals surface area contributed by atoms with E-state index in [0.717, 1.165) is 21.5 Å². The topological polar surface area (TPSA) is 66.5 Å². The van der Waals surface area contributed by atoms with Crippen LogP contribution in [0.3, 0.4) is 0 Å². The van der Waals surface area contributed by atoms with E-state index in [1.165, 1.54) is 0 Å². The third-order valence-electron chi connectivity index (χ3n) is 3.68. The van der Waals surface area contributed by atoms with Crippen LogP contribution in [0.25, 0.3) is 21.5 Å². The van der Waals surface area contributed by atoms with Crippen LogP contribution in [0.4, 0.5) is 5.69 Å². The Morgan fingerprint density at radius 1 is 0.609 bits per heavy atom. The molecule has 4 N–H and O–H groups in total. The quantitative estimate of drug-likeness (QED) is 0.326. The minimum absolute atomic E-state index is 0.147. The van der Waals surface area contributed by atoms with Gasteiger partial charge >= 0.3 is 0 Å². The minimum atomic E-state index is 0.147. The molecule has 0 aromatic heterocycles. The van der Waals surface area contributed by atoms with Crippen molar-refractivity contribution >= 4 is 27.2 Å². The van der Waals surface area contributed by atoms with Crippen LogP contribution in [-0.2, 0) is 0 Å². The van der Waals surface area contributed by atoms with Crippen LogP contribution in [0.5, 0.6) is 11.5 Å². The Morgan fingerprint density at radius 3 is 2.00 bits per heavy atom. The van der Waals surface area contributed by atoms with Gasteiger partial charge in [-0.25, -0.2) is 0 Å². The van der Waals surface area contributed by atoms with Gasteiger partial charge < -0.3 is 15.9 Å². The molecule has 4 aromatic carbocycles. The van der Waals surface area contributed by atoms with Gasteiger partial charge in [0, 0.05) is 5.39 Å². The van der Waals surface area contributed by atoms with Crippen molar-refractivity contribution in [2.24, 2.45) is 0 Å². The molecule has 0 bridgehead atoms. The van der Waals surface area contributed by atoms with Crippen LogP contribution < -0.4 is 5.73 Å². The molecule has 0 radical (unpaired) electrons. The smallest absolute Gasteiger partial charge is 0.139 e. The van der Waals surface area contributed by atoms with Gasteiger partial charge in [-0.15, -0.1) is 0 Å². The van der Waals surface area contributed by atoms with E-state index in [4.69, 9.17) is 10.8 Å². The molecule has 0 heterocycles. The van der Waals surface area contributed by atoms with E-state index in [2.05, 4.69) is 0 Å². The molecule has 3 heteroatoms. The van der Waals surface area contributed by atoms with Gasteiger partial charge in [0.05, 0.1) is 5.69 Å². The summed E-state index contributed by atoms with van der Waals surface area (Å²) in [5, 5.41) is 22.6. The fourth-order valence-electron chi connectivity index (χ4n) is 2.46. The number of anilines is 1. The van der Waals surface area contributed by atoms with Gasteiger partial charge in [-0.3, -0.25) is 0 Å². The van der Waals surface area contributed by atoms with Gasteiger partial charge in [0.2, 0.25) is 0 Å². The summed E-state index contributed by atoms with van der Waals surface area (Å²) in [5.41, 5.74) is 6.12. The first-order chi connectivity index (χ1) is 11.1. The highest BCUT2D eigenvalue weighted by Gasteiger charge is 2.00. The average Bonchev–Trinajstić information content (AvgIpc) is 2.59. The van der Waals surface area contributed by atoms with Gasteiger partial charge in [0.1, 0.15) is 11.5 Å². The van der Waals surface area contributed by atoms with Crippen LogP contribution >= 0.6 is 0 Å². The summed E-state index contributed by atoms with van der Waals surface area (Å²) in [6, 6.07) is 24.5. The third kappa shape index (κ3) is 3.19. The number of aromatic hydroxyl groups is 2. The number of nitrogens with two attached hydrogens (primary N) is 1. The molecule has 0 saturated heterocycles. The van der Waals surface area contributed by atoms with Crippen molar-refractivity contribution in [1.29, 1.82) is 0 Å². The lowest BCUT2D eigenvalue weighted by Crippen LogP contribution is -1.86. The van der Waals surface area contributed by atoms with Gasteiger partial charge in [-0.2, -0.15) is 0 Å². The Morgan fingerprint density at radius 2 is 1.22 bits per heavy atom. The predicted octanol–water partition coefficient (Wildman–Crippen LogP) is 4.67. The Hall–Kier alpha value is -3.20. The second-order valence-electron chi connectivity index (χ2n) is 5.25. The van der Waals surface area contributed by atoms with Gasteiger partial charge in [0.25, 0.3) is 0 Å². The van der Waals surface area contributed by atoms with E-state index in [9.17, 15) is 5.11 Å². The number of rotatable bonds is 0. The maximum Gasteiger partial charge on any atom is 0.139 e. The van der Waals surface area contributed by atoms with Crippen molar-refractivity contribution < 1.29 is 10.2 Å². The predicted molar refractivity (Wildman–Crippen MR) is 95.6 cm³/mol. The number of hydrogen-bond acceptors (Lipinski definition) is 3.